The minimum Gasteiger partial charge on any atom is -0.495 e. The summed E-state index contributed by atoms with van der Waals surface area (Å²) in [7, 11) is 3.77. The Morgan fingerprint density at radius 3 is 2.68 bits per heavy atom. The number of benzene rings is 2. The summed E-state index contributed by atoms with van der Waals surface area (Å²) in [5.74, 6) is 0.152. The van der Waals surface area contributed by atoms with Gasteiger partial charge in [-0.05, 0) is 49.5 Å². The van der Waals surface area contributed by atoms with Gasteiger partial charge in [0.15, 0.2) is 5.65 Å². The number of hydrogen-bond acceptors (Lipinski definition) is 8. The maximum absolute atomic E-state index is 15.0. The summed E-state index contributed by atoms with van der Waals surface area (Å²) in [4.78, 5) is 25.5. The molecule has 3 heterocycles. The largest absolute Gasteiger partial charge is 0.495 e. The third-order valence-corrected chi connectivity index (χ3v) is 6.26. The van der Waals surface area contributed by atoms with Crippen molar-refractivity contribution in [3.8, 4) is 17.0 Å². The molecule has 10 nitrogen and oxygen atoms in total. The number of likely N-dealkylation sites (N-methyl/N-ethyl adjacent to an activating group) is 1. The van der Waals surface area contributed by atoms with Gasteiger partial charge in [0.05, 0.1) is 30.1 Å². The summed E-state index contributed by atoms with van der Waals surface area (Å²) in [6, 6.07) is 10.1. The number of aromatic nitrogens is 4. The van der Waals surface area contributed by atoms with E-state index in [-0.39, 0.29) is 11.5 Å². The van der Waals surface area contributed by atoms with Crippen molar-refractivity contribution in [3.63, 3.8) is 0 Å². The van der Waals surface area contributed by atoms with Gasteiger partial charge in [0.1, 0.15) is 11.6 Å². The van der Waals surface area contributed by atoms with E-state index in [1.807, 2.05) is 18.2 Å². The third kappa shape index (κ3) is 5.07. The van der Waals surface area contributed by atoms with Crippen LogP contribution in [0.5, 0.6) is 5.75 Å². The number of nitrogens with zero attached hydrogens (tertiary/aromatic N) is 5. The first-order valence-corrected chi connectivity index (χ1v) is 11.8. The molecule has 0 radical (unpaired) electrons. The van der Waals surface area contributed by atoms with Crippen LogP contribution in [0.1, 0.15) is 0 Å². The van der Waals surface area contributed by atoms with Gasteiger partial charge in [-0.3, -0.25) is 9.89 Å². The van der Waals surface area contributed by atoms with E-state index in [9.17, 15) is 9.18 Å². The topological polar surface area (TPSA) is 111 Å². The van der Waals surface area contributed by atoms with Gasteiger partial charge in [-0.2, -0.15) is 10.1 Å². The van der Waals surface area contributed by atoms with Crippen molar-refractivity contribution in [2.45, 2.75) is 0 Å². The Morgan fingerprint density at radius 2 is 1.92 bits per heavy atom. The van der Waals surface area contributed by atoms with E-state index in [1.54, 1.807) is 13.3 Å². The van der Waals surface area contributed by atoms with E-state index in [2.05, 4.69) is 54.2 Å². The van der Waals surface area contributed by atoms with Gasteiger partial charge in [-0.1, -0.05) is 6.58 Å². The second-order valence-corrected chi connectivity index (χ2v) is 8.72. The number of anilines is 4. The number of aromatic amines is 1. The fourth-order valence-corrected chi connectivity index (χ4v) is 4.27. The van der Waals surface area contributed by atoms with E-state index in [4.69, 9.17) is 4.74 Å². The molecule has 0 aliphatic carbocycles. The van der Waals surface area contributed by atoms with E-state index in [1.165, 1.54) is 18.2 Å². The monoisotopic (exact) mass is 502 g/mol. The number of methoxy groups -OCH3 is 1. The predicted molar refractivity (Wildman–Crippen MR) is 142 cm³/mol. The fourth-order valence-electron chi connectivity index (χ4n) is 4.27. The number of carbonyl (C=O) groups is 1. The molecule has 1 aliphatic rings. The van der Waals surface area contributed by atoms with Crippen molar-refractivity contribution in [1.82, 2.24) is 25.1 Å². The number of hydrogen-bond donors (Lipinski definition) is 3. The number of piperazine rings is 1. The maximum Gasteiger partial charge on any atom is 0.247 e. The average Bonchev–Trinajstić information content (AvgIpc) is 3.38. The van der Waals surface area contributed by atoms with Crippen molar-refractivity contribution in [2.75, 3.05) is 55.9 Å². The molecule has 0 bridgehead atoms. The highest BCUT2D eigenvalue weighted by atomic mass is 19.1. The third-order valence-electron chi connectivity index (χ3n) is 6.26. The molecule has 1 amide bonds. The summed E-state index contributed by atoms with van der Waals surface area (Å²) in [5.41, 5.74) is 3.12. The molecule has 0 spiro atoms. The maximum atomic E-state index is 15.0. The molecule has 2 aromatic carbocycles. The SMILES string of the molecule is C=CC(=O)Nc1ccc(F)c(-c2nc(Nc3ccc(OC)c(N4CCN(C)CC4)c3)nc3[nH]ncc23)c1. The highest BCUT2D eigenvalue weighted by Crippen LogP contribution is 2.34. The van der Waals surface area contributed by atoms with Crippen molar-refractivity contribution in [3.05, 3.63) is 61.1 Å². The van der Waals surface area contributed by atoms with Crippen LogP contribution in [0.2, 0.25) is 0 Å². The van der Waals surface area contributed by atoms with Crippen LogP contribution >= 0.6 is 0 Å². The van der Waals surface area contributed by atoms with Gasteiger partial charge < -0.3 is 25.2 Å². The lowest BCUT2D eigenvalue weighted by Crippen LogP contribution is -2.44. The highest BCUT2D eigenvalue weighted by Gasteiger charge is 2.20. The van der Waals surface area contributed by atoms with E-state index in [0.717, 1.165) is 49.4 Å². The van der Waals surface area contributed by atoms with Crippen molar-refractivity contribution < 1.29 is 13.9 Å². The molecule has 4 aromatic rings. The van der Waals surface area contributed by atoms with E-state index >= 15 is 0 Å². The first-order chi connectivity index (χ1) is 17.9. The normalized spacial score (nSPS) is 14.0. The van der Waals surface area contributed by atoms with Crippen LogP contribution in [-0.2, 0) is 4.79 Å². The average molecular weight is 503 g/mol. The van der Waals surface area contributed by atoms with Crippen LogP contribution in [0.25, 0.3) is 22.3 Å². The summed E-state index contributed by atoms with van der Waals surface area (Å²) >= 11 is 0. The molecular formula is C26H27FN8O2. The van der Waals surface area contributed by atoms with Gasteiger partial charge in [0.2, 0.25) is 11.9 Å². The van der Waals surface area contributed by atoms with Crippen LogP contribution in [0, 0.1) is 5.82 Å². The molecule has 190 valence electrons. The number of rotatable bonds is 7. The molecule has 1 saturated heterocycles. The van der Waals surface area contributed by atoms with Crippen molar-refractivity contribution >= 4 is 40.0 Å². The molecule has 3 N–H and O–H groups in total. The van der Waals surface area contributed by atoms with Crippen LogP contribution in [0.3, 0.4) is 0 Å². The lowest BCUT2D eigenvalue weighted by atomic mass is 10.1. The quantitative estimate of drug-likeness (QED) is 0.328. The zero-order valence-electron chi connectivity index (χ0n) is 20.6. The minimum absolute atomic E-state index is 0.201. The zero-order chi connectivity index (χ0) is 25.9. The van der Waals surface area contributed by atoms with Crippen LogP contribution in [0.15, 0.2) is 55.3 Å². The molecule has 0 atom stereocenters. The van der Waals surface area contributed by atoms with Gasteiger partial charge in [0.25, 0.3) is 0 Å². The Kier molecular flexibility index (Phi) is 6.69. The Hall–Kier alpha value is -4.51. The van der Waals surface area contributed by atoms with Gasteiger partial charge in [0, 0.05) is 43.1 Å². The molecule has 1 aliphatic heterocycles. The predicted octanol–water partition coefficient (Wildman–Crippen LogP) is 3.79. The molecular weight excluding hydrogens is 475 g/mol. The summed E-state index contributed by atoms with van der Waals surface area (Å²) in [5, 5.41) is 13.3. The van der Waals surface area contributed by atoms with Gasteiger partial charge >= 0.3 is 0 Å². The molecule has 5 rings (SSSR count). The van der Waals surface area contributed by atoms with Crippen LogP contribution < -0.4 is 20.3 Å². The van der Waals surface area contributed by atoms with E-state index < -0.39 is 11.7 Å². The lowest BCUT2D eigenvalue weighted by molar-refractivity contribution is -0.111. The summed E-state index contributed by atoms with van der Waals surface area (Å²) in [6.45, 7) is 7.14. The molecule has 1 fully saturated rings. The smallest absolute Gasteiger partial charge is 0.247 e. The lowest BCUT2D eigenvalue weighted by Gasteiger charge is -2.34. The Morgan fingerprint density at radius 1 is 1.14 bits per heavy atom. The summed E-state index contributed by atoms with van der Waals surface area (Å²) < 4.78 is 20.6. The highest BCUT2D eigenvalue weighted by molar-refractivity contribution is 6.00. The molecule has 11 heteroatoms. The number of nitrogens with one attached hydrogen (secondary N) is 3. The molecule has 0 unspecified atom stereocenters. The minimum atomic E-state index is -0.495. The molecule has 37 heavy (non-hydrogen) atoms. The van der Waals surface area contributed by atoms with Crippen molar-refractivity contribution in [1.29, 1.82) is 0 Å². The fraction of sp³-hybridized carbons (Fsp3) is 0.231. The first-order valence-electron chi connectivity index (χ1n) is 11.8. The van der Waals surface area contributed by atoms with Crippen LogP contribution in [-0.4, -0.2) is 71.3 Å². The molecule has 0 saturated carbocycles. The Labute approximate surface area is 213 Å². The number of ether oxygens (including phenoxy) is 1. The van der Waals surface area contributed by atoms with Crippen LogP contribution in [0.4, 0.5) is 27.4 Å². The van der Waals surface area contributed by atoms with Gasteiger partial charge in [-0.15, -0.1) is 0 Å². The number of amides is 1. The standard InChI is InChI=1S/C26H27FN8O2/c1-4-23(36)29-16-5-7-20(27)18(13-16)24-19-15-28-33-25(19)32-26(31-24)30-17-6-8-22(37-3)21(14-17)35-11-9-34(2)10-12-35/h4-8,13-15H,1,9-12H2,2-3H3,(H,29,36)(H2,28,30,31,32,33). The Bertz CT molecular complexity index is 1460. The first kappa shape index (κ1) is 24.2. The second-order valence-electron chi connectivity index (χ2n) is 8.72. The number of fused-ring (bicyclic) bond motifs is 1. The van der Waals surface area contributed by atoms with Crippen molar-refractivity contribution in [2.24, 2.45) is 0 Å². The van der Waals surface area contributed by atoms with E-state index in [0.29, 0.717) is 22.4 Å². The Balaban J connectivity index is 1.51. The van der Waals surface area contributed by atoms with Gasteiger partial charge in [-0.25, -0.2) is 9.37 Å². The molecule has 2 aromatic heterocycles. The zero-order valence-corrected chi connectivity index (χ0v) is 20.6. The number of halogens is 1. The number of carbonyl (C=O) groups excluding carboxylic acids is 1. The summed E-state index contributed by atoms with van der Waals surface area (Å²) in [6.07, 6.45) is 2.69. The number of H-pyrrole nitrogens is 1. The second kappa shape index (κ2) is 10.2.